The molecule has 0 aromatic carbocycles. The third-order valence-corrected chi connectivity index (χ3v) is 3.56. The summed E-state index contributed by atoms with van der Waals surface area (Å²) in [6.07, 6.45) is 3.71. The van der Waals surface area contributed by atoms with Crippen LogP contribution in [0.15, 0.2) is 37.2 Å². The Morgan fingerprint density at radius 2 is 2.12 bits per heavy atom. The van der Waals surface area contributed by atoms with Crippen molar-refractivity contribution in [1.29, 1.82) is 0 Å². The van der Waals surface area contributed by atoms with Gasteiger partial charge in [-0.25, -0.2) is 4.79 Å². The molecule has 0 aromatic heterocycles. The van der Waals surface area contributed by atoms with Gasteiger partial charge in [-0.05, 0) is 18.6 Å². The second-order valence-corrected chi connectivity index (χ2v) is 5.10. The van der Waals surface area contributed by atoms with Crippen molar-refractivity contribution in [2.24, 2.45) is 0 Å². The van der Waals surface area contributed by atoms with Gasteiger partial charge in [0, 0.05) is 12.7 Å². The molecule has 0 aromatic rings. The van der Waals surface area contributed by atoms with Crippen LogP contribution in [0.5, 0.6) is 0 Å². The summed E-state index contributed by atoms with van der Waals surface area (Å²) in [6, 6.07) is -0.514. The molecule has 2 unspecified atom stereocenters. The molecule has 24 heavy (non-hydrogen) atoms. The number of nitrogens with zero attached hydrogens (tertiary/aromatic N) is 1. The molecule has 132 valence electrons. The predicted octanol–water partition coefficient (Wildman–Crippen LogP) is -0.00380. The molecule has 0 saturated carbocycles. The molecule has 1 rings (SSSR count). The third-order valence-electron chi connectivity index (χ3n) is 3.56. The molecule has 1 heterocycles. The minimum absolute atomic E-state index is 0.158. The molecule has 8 heteroatoms. The van der Waals surface area contributed by atoms with Gasteiger partial charge in [0.2, 0.25) is 11.8 Å². The predicted molar refractivity (Wildman–Crippen MR) is 87.8 cm³/mol. The second-order valence-electron chi connectivity index (χ2n) is 5.10. The fourth-order valence-corrected chi connectivity index (χ4v) is 2.40. The SMILES string of the molecule is C=CC(=O)NC(=CN(C(=O)C=C)C(CC)C1COCCN1)C(=O)O. The lowest BCUT2D eigenvalue weighted by atomic mass is 10.0. The number of carboxylic acid groups (broad SMARTS) is 1. The van der Waals surface area contributed by atoms with Crippen LogP contribution in [-0.2, 0) is 19.1 Å². The lowest BCUT2D eigenvalue weighted by molar-refractivity contribution is -0.134. The van der Waals surface area contributed by atoms with E-state index in [1.165, 1.54) is 4.90 Å². The van der Waals surface area contributed by atoms with Gasteiger partial charge in [-0.15, -0.1) is 0 Å². The van der Waals surface area contributed by atoms with E-state index in [0.717, 1.165) is 18.4 Å². The van der Waals surface area contributed by atoms with Crippen LogP contribution in [0.2, 0.25) is 0 Å². The summed E-state index contributed by atoms with van der Waals surface area (Å²) in [6.45, 7) is 10.2. The van der Waals surface area contributed by atoms with Gasteiger partial charge in [0.25, 0.3) is 0 Å². The Hall–Kier alpha value is -2.45. The minimum Gasteiger partial charge on any atom is -0.477 e. The molecular weight excluding hydrogens is 314 g/mol. The summed E-state index contributed by atoms with van der Waals surface area (Å²) in [5, 5.41) is 14.7. The van der Waals surface area contributed by atoms with E-state index in [0.29, 0.717) is 26.2 Å². The van der Waals surface area contributed by atoms with Crippen LogP contribution in [0, 0.1) is 0 Å². The summed E-state index contributed by atoms with van der Waals surface area (Å²) >= 11 is 0. The monoisotopic (exact) mass is 337 g/mol. The number of morpholine rings is 1. The molecule has 0 spiro atoms. The average Bonchev–Trinajstić information content (AvgIpc) is 2.60. The Morgan fingerprint density at radius 3 is 2.58 bits per heavy atom. The summed E-state index contributed by atoms with van der Waals surface area (Å²) in [4.78, 5) is 36.3. The number of hydrogen-bond donors (Lipinski definition) is 3. The maximum absolute atomic E-state index is 12.2. The Morgan fingerprint density at radius 1 is 1.42 bits per heavy atom. The normalized spacial score (nSPS) is 19.0. The molecule has 3 N–H and O–H groups in total. The summed E-state index contributed by atoms with van der Waals surface area (Å²) in [5.74, 6) is -2.52. The first kappa shape index (κ1) is 19.6. The Balaban J connectivity index is 3.16. The Labute approximate surface area is 140 Å². The van der Waals surface area contributed by atoms with Crippen molar-refractivity contribution >= 4 is 17.8 Å². The van der Waals surface area contributed by atoms with Crippen LogP contribution < -0.4 is 10.6 Å². The van der Waals surface area contributed by atoms with Crippen LogP contribution >= 0.6 is 0 Å². The van der Waals surface area contributed by atoms with Crippen molar-refractivity contribution < 1.29 is 24.2 Å². The van der Waals surface area contributed by atoms with E-state index in [9.17, 15) is 19.5 Å². The smallest absolute Gasteiger partial charge is 0.353 e. The molecule has 0 aliphatic carbocycles. The molecule has 1 aliphatic heterocycles. The summed E-state index contributed by atoms with van der Waals surface area (Å²) in [5.41, 5.74) is -0.426. The lowest BCUT2D eigenvalue weighted by Crippen LogP contribution is -2.55. The molecule has 8 nitrogen and oxygen atoms in total. The van der Waals surface area contributed by atoms with Gasteiger partial charge in [0.1, 0.15) is 5.70 Å². The molecule has 1 aliphatic rings. The first-order valence-electron chi connectivity index (χ1n) is 7.59. The quantitative estimate of drug-likeness (QED) is 0.538. The van der Waals surface area contributed by atoms with Crippen molar-refractivity contribution in [3.63, 3.8) is 0 Å². The fourth-order valence-electron chi connectivity index (χ4n) is 2.40. The van der Waals surface area contributed by atoms with Gasteiger partial charge >= 0.3 is 5.97 Å². The van der Waals surface area contributed by atoms with Crippen molar-refractivity contribution in [3.05, 3.63) is 37.2 Å². The minimum atomic E-state index is -1.37. The maximum Gasteiger partial charge on any atom is 0.353 e. The third kappa shape index (κ3) is 5.32. The van der Waals surface area contributed by atoms with E-state index in [1.807, 2.05) is 6.92 Å². The summed E-state index contributed by atoms with van der Waals surface area (Å²) < 4.78 is 5.42. The summed E-state index contributed by atoms with van der Waals surface area (Å²) in [7, 11) is 0. The number of carbonyl (C=O) groups excluding carboxylic acids is 2. The van der Waals surface area contributed by atoms with E-state index in [2.05, 4.69) is 23.8 Å². The number of aliphatic carboxylic acids is 1. The lowest BCUT2D eigenvalue weighted by Gasteiger charge is -2.36. The standard InChI is InChI=1S/C16H23N3O5/c1-4-13(12-10-24-8-7-17-12)19(15(21)6-3)9-11(16(22)23)18-14(20)5-2/h5-6,9,12-13,17H,2-4,7-8,10H2,1H3,(H,18,20)(H,22,23). The molecular formula is C16H23N3O5. The first-order valence-corrected chi connectivity index (χ1v) is 7.59. The van der Waals surface area contributed by atoms with Crippen molar-refractivity contribution in [1.82, 2.24) is 15.5 Å². The van der Waals surface area contributed by atoms with Gasteiger partial charge < -0.3 is 25.4 Å². The van der Waals surface area contributed by atoms with Crippen molar-refractivity contribution in [3.8, 4) is 0 Å². The highest BCUT2D eigenvalue weighted by atomic mass is 16.5. The number of carbonyl (C=O) groups is 3. The highest BCUT2D eigenvalue weighted by molar-refractivity contribution is 5.97. The number of hydrogen-bond acceptors (Lipinski definition) is 5. The van der Waals surface area contributed by atoms with Gasteiger partial charge in [0.05, 0.1) is 25.3 Å². The molecule has 1 saturated heterocycles. The topological polar surface area (TPSA) is 108 Å². The van der Waals surface area contributed by atoms with Crippen LogP contribution in [0.25, 0.3) is 0 Å². The van der Waals surface area contributed by atoms with Crippen molar-refractivity contribution in [2.75, 3.05) is 19.8 Å². The fraction of sp³-hybridized carbons (Fsp3) is 0.438. The van der Waals surface area contributed by atoms with Gasteiger partial charge in [0.15, 0.2) is 0 Å². The zero-order valence-corrected chi connectivity index (χ0v) is 13.7. The highest BCUT2D eigenvalue weighted by Crippen LogP contribution is 2.15. The molecule has 1 fully saturated rings. The zero-order valence-electron chi connectivity index (χ0n) is 13.7. The van der Waals surface area contributed by atoms with Gasteiger partial charge in [-0.3, -0.25) is 9.59 Å². The van der Waals surface area contributed by atoms with Gasteiger partial charge in [-0.2, -0.15) is 0 Å². The largest absolute Gasteiger partial charge is 0.477 e. The van der Waals surface area contributed by atoms with Crippen LogP contribution in [0.4, 0.5) is 0 Å². The van der Waals surface area contributed by atoms with E-state index >= 15 is 0 Å². The second kappa shape index (κ2) is 9.64. The number of rotatable bonds is 8. The average molecular weight is 337 g/mol. The highest BCUT2D eigenvalue weighted by Gasteiger charge is 2.30. The van der Waals surface area contributed by atoms with Crippen LogP contribution in [0.3, 0.4) is 0 Å². The number of ether oxygens (including phenoxy) is 1. The Kier molecular flexibility index (Phi) is 7.87. The molecule has 0 radical (unpaired) electrons. The molecule has 0 bridgehead atoms. The number of nitrogens with one attached hydrogen (secondary N) is 2. The molecule has 2 atom stereocenters. The van der Waals surface area contributed by atoms with E-state index in [1.54, 1.807) is 0 Å². The maximum atomic E-state index is 12.2. The zero-order chi connectivity index (χ0) is 18.1. The Bertz CT molecular complexity index is 538. The van der Waals surface area contributed by atoms with Crippen molar-refractivity contribution in [2.45, 2.75) is 25.4 Å². The van der Waals surface area contributed by atoms with E-state index in [4.69, 9.17) is 4.74 Å². The van der Waals surface area contributed by atoms with E-state index in [-0.39, 0.29) is 12.1 Å². The van der Waals surface area contributed by atoms with Crippen LogP contribution in [0.1, 0.15) is 13.3 Å². The van der Waals surface area contributed by atoms with Crippen LogP contribution in [-0.4, -0.2) is 59.6 Å². The molecule has 2 amide bonds. The number of carboxylic acids is 1. The number of amides is 2. The van der Waals surface area contributed by atoms with Gasteiger partial charge in [-0.1, -0.05) is 20.1 Å². The first-order chi connectivity index (χ1) is 11.4. The van der Waals surface area contributed by atoms with E-state index < -0.39 is 23.5 Å².